The van der Waals surface area contributed by atoms with Crippen molar-refractivity contribution >= 4 is 22.4 Å². The van der Waals surface area contributed by atoms with E-state index >= 15 is 0 Å². The van der Waals surface area contributed by atoms with Gasteiger partial charge in [0, 0.05) is 24.4 Å². The monoisotopic (exact) mass is 277 g/mol. The Morgan fingerprint density at radius 3 is 3.05 bits per heavy atom. The normalized spacial score (nSPS) is 13.9. The molecular formula is C13H12FN3OS. The number of amides is 1. The van der Waals surface area contributed by atoms with Crippen molar-refractivity contribution in [3.8, 4) is 0 Å². The number of halogens is 1. The number of carbonyl (C=O) groups excluding carboxylic acids is 1. The zero-order valence-electron chi connectivity index (χ0n) is 10.1. The maximum absolute atomic E-state index is 13.5. The van der Waals surface area contributed by atoms with Crippen LogP contribution in [-0.2, 0) is 13.0 Å². The molecular weight excluding hydrogens is 265 g/mol. The SMILES string of the molecule is O=C(Nc1nc2c(s1)CNCC2)c1ccccc1F. The Bertz CT molecular complexity index is 603. The second-order valence-electron chi connectivity index (χ2n) is 4.25. The number of carbonyl (C=O) groups is 1. The number of hydrogen-bond donors (Lipinski definition) is 2. The molecule has 19 heavy (non-hydrogen) atoms. The Morgan fingerprint density at radius 1 is 1.42 bits per heavy atom. The highest BCUT2D eigenvalue weighted by atomic mass is 32.1. The summed E-state index contributed by atoms with van der Waals surface area (Å²) in [5, 5.41) is 6.43. The number of fused-ring (bicyclic) bond motifs is 1. The van der Waals surface area contributed by atoms with E-state index in [1.165, 1.54) is 23.5 Å². The zero-order chi connectivity index (χ0) is 13.2. The second kappa shape index (κ2) is 5.07. The molecule has 0 bridgehead atoms. The first-order chi connectivity index (χ1) is 9.24. The maximum atomic E-state index is 13.5. The third-order valence-electron chi connectivity index (χ3n) is 2.94. The smallest absolute Gasteiger partial charge is 0.260 e. The molecule has 0 unspecified atom stereocenters. The quantitative estimate of drug-likeness (QED) is 0.884. The molecule has 0 fully saturated rings. The summed E-state index contributed by atoms with van der Waals surface area (Å²) in [4.78, 5) is 17.5. The van der Waals surface area contributed by atoms with Crippen LogP contribution in [0.2, 0.25) is 0 Å². The molecule has 0 radical (unpaired) electrons. The van der Waals surface area contributed by atoms with Crippen LogP contribution < -0.4 is 10.6 Å². The molecule has 1 amide bonds. The van der Waals surface area contributed by atoms with Crippen molar-refractivity contribution < 1.29 is 9.18 Å². The van der Waals surface area contributed by atoms with Crippen molar-refractivity contribution in [1.29, 1.82) is 0 Å². The molecule has 1 aromatic heterocycles. The fourth-order valence-corrected chi connectivity index (χ4v) is 2.96. The van der Waals surface area contributed by atoms with Gasteiger partial charge in [0.25, 0.3) is 5.91 Å². The summed E-state index contributed by atoms with van der Waals surface area (Å²) >= 11 is 1.44. The first-order valence-corrected chi connectivity index (χ1v) is 6.81. The molecule has 0 atom stereocenters. The van der Waals surface area contributed by atoms with E-state index in [1.54, 1.807) is 12.1 Å². The van der Waals surface area contributed by atoms with Gasteiger partial charge in [-0.25, -0.2) is 9.37 Å². The molecule has 1 aromatic carbocycles. The highest BCUT2D eigenvalue weighted by Gasteiger charge is 2.17. The first-order valence-electron chi connectivity index (χ1n) is 5.99. The molecule has 2 heterocycles. The van der Waals surface area contributed by atoms with E-state index in [0.29, 0.717) is 5.13 Å². The molecule has 98 valence electrons. The molecule has 1 aliphatic heterocycles. The van der Waals surface area contributed by atoms with Crippen LogP contribution in [0.5, 0.6) is 0 Å². The average molecular weight is 277 g/mol. The van der Waals surface area contributed by atoms with E-state index < -0.39 is 11.7 Å². The Kier molecular flexibility index (Phi) is 3.27. The van der Waals surface area contributed by atoms with Gasteiger partial charge in [-0.15, -0.1) is 11.3 Å². The van der Waals surface area contributed by atoms with Crippen molar-refractivity contribution in [3.63, 3.8) is 0 Å². The lowest BCUT2D eigenvalue weighted by atomic mass is 10.2. The van der Waals surface area contributed by atoms with Crippen molar-refractivity contribution in [2.24, 2.45) is 0 Å². The number of anilines is 1. The van der Waals surface area contributed by atoms with Gasteiger partial charge < -0.3 is 5.32 Å². The summed E-state index contributed by atoms with van der Waals surface area (Å²) < 4.78 is 13.5. The number of thiazole rings is 1. The zero-order valence-corrected chi connectivity index (χ0v) is 10.9. The van der Waals surface area contributed by atoms with Gasteiger partial charge in [-0.05, 0) is 12.1 Å². The van der Waals surface area contributed by atoms with Crippen LogP contribution >= 0.6 is 11.3 Å². The Hall–Kier alpha value is -1.79. The average Bonchev–Trinajstić information content (AvgIpc) is 2.81. The molecule has 0 aliphatic carbocycles. The van der Waals surface area contributed by atoms with Gasteiger partial charge in [-0.1, -0.05) is 12.1 Å². The third-order valence-corrected chi connectivity index (χ3v) is 3.95. The summed E-state index contributed by atoms with van der Waals surface area (Å²) in [6, 6.07) is 5.92. The van der Waals surface area contributed by atoms with Crippen LogP contribution in [0.15, 0.2) is 24.3 Å². The van der Waals surface area contributed by atoms with Crippen LogP contribution in [0.4, 0.5) is 9.52 Å². The van der Waals surface area contributed by atoms with Crippen LogP contribution in [0.1, 0.15) is 20.9 Å². The lowest BCUT2D eigenvalue weighted by Crippen LogP contribution is -2.22. The summed E-state index contributed by atoms with van der Waals surface area (Å²) in [6.45, 7) is 1.68. The molecule has 4 nitrogen and oxygen atoms in total. The predicted molar refractivity (Wildman–Crippen MR) is 71.9 cm³/mol. The summed E-state index contributed by atoms with van der Waals surface area (Å²) in [5.41, 5.74) is 1.06. The molecule has 6 heteroatoms. The fraction of sp³-hybridized carbons (Fsp3) is 0.231. The Labute approximate surface area is 113 Å². The van der Waals surface area contributed by atoms with Crippen molar-refractivity contribution in [1.82, 2.24) is 10.3 Å². The van der Waals surface area contributed by atoms with Gasteiger partial charge >= 0.3 is 0 Å². The van der Waals surface area contributed by atoms with Gasteiger partial charge in [0.2, 0.25) is 0 Å². The van der Waals surface area contributed by atoms with Crippen LogP contribution in [-0.4, -0.2) is 17.4 Å². The van der Waals surface area contributed by atoms with Crippen LogP contribution in [0, 0.1) is 5.82 Å². The standard InChI is InChI=1S/C13H12FN3OS/c14-9-4-2-1-3-8(9)12(18)17-13-16-10-5-6-15-7-11(10)19-13/h1-4,15H,5-7H2,(H,16,17,18). The van der Waals surface area contributed by atoms with Crippen LogP contribution in [0.25, 0.3) is 0 Å². The Balaban J connectivity index is 1.80. The number of nitrogens with zero attached hydrogens (tertiary/aromatic N) is 1. The largest absolute Gasteiger partial charge is 0.311 e. The van der Waals surface area contributed by atoms with Crippen molar-refractivity contribution in [2.75, 3.05) is 11.9 Å². The number of hydrogen-bond acceptors (Lipinski definition) is 4. The molecule has 1 aliphatic rings. The molecule has 2 N–H and O–H groups in total. The lowest BCUT2D eigenvalue weighted by molar-refractivity contribution is 0.102. The number of aromatic nitrogens is 1. The van der Waals surface area contributed by atoms with Gasteiger partial charge in [-0.3, -0.25) is 10.1 Å². The van der Waals surface area contributed by atoms with E-state index in [4.69, 9.17) is 0 Å². The molecule has 0 spiro atoms. The van der Waals surface area contributed by atoms with Gasteiger partial charge in [0.05, 0.1) is 11.3 Å². The molecule has 2 aromatic rings. The van der Waals surface area contributed by atoms with Crippen molar-refractivity contribution in [3.05, 3.63) is 46.2 Å². The Morgan fingerprint density at radius 2 is 2.26 bits per heavy atom. The molecule has 0 saturated carbocycles. The lowest BCUT2D eigenvalue weighted by Gasteiger charge is -2.09. The van der Waals surface area contributed by atoms with E-state index in [1.807, 2.05) is 0 Å². The predicted octanol–water partition coefficient (Wildman–Crippen LogP) is 2.18. The number of benzene rings is 1. The third kappa shape index (κ3) is 2.50. The molecule has 3 rings (SSSR count). The van der Waals surface area contributed by atoms with Crippen molar-refractivity contribution in [2.45, 2.75) is 13.0 Å². The van der Waals surface area contributed by atoms with Gasteiger partial charge in [-0.2, -0.15) is 0 Å². The minimum atomic E-state index is -0.525. The maximum Gasteiger partial charge on any atom is 0.260 e. The van der Waals surface area contributed by atoms with E-state index in [0.717, 1.165) is 30.1 Å². The molecule has 0 saturated heterocycles. The highest BCUT2D eigenvalue weighted by Crippen LogP contribution is 2.25. The first kappa shape index (κ1) is 12.3. The van der Waals surface area contributed by atoms with Gasteiger partial charge in [0.1, 0.15) is 5.82 Å². The highest BCUT2D eigenvalue weighted by molar-refractivity contribution is 7.15. The topological polar surface area (TPSA) is 54.0 Å². The van der Waals surface area contributed by atoms with E-state index in [2.05, 4.69) is 15.6 Å². The number of rotatable bonds is 2. The van der Waals surface area contributed by atoms with E-state index in [-0.39, 0.29) is 5.56 Å². The van der Waals surface area contributed by atoms with Gasteiger partial charge in [0.15, 0.2) is 5.13 Å². The second-order valence-corrected chi connectivity index (χ2v) is 5.33. The minimum absolute atomic E-state index is 0.0359. The summed E-state index contributed by atoms with van der Waals surface area (Å²) in [7, 11) is 0. The number of nitrogens with one attached hydrogen (secondary N) is 2. The fourth-order valence-electron chi connectivity index (χ4n) is 1.99. The summed E-state index contributed by atoms with van der Waals surface area (Å²) in [6.07, 6.45) is 0.863. The summed E-state index contributed by atoms with van der Waals surface area (Å²) in [5.74, 6) is -0.986. The minimum Gasteiger partial charge on any atom is -0.311 e. The van der Waals surface area contributed by atoms with Crippen LogP contribution in [0.3, 0.4) is 0 Å². The van der Waals surface area contributed by atoms with E-state index in [9.17, 15) is 9.18 Å².